The summed E-state index contributed by atoms with van der Waals surface area (Å²) in [5, 5.41) is 3.89. The molecule has 0 amide bonds. The smallest absolute Gasteiger partial charge is 0.222 e. The van der Waals surface area contributed by atoms with E-state index in [2.05, 4.69) is 97.9 Å². The van der Waals surface area contributed by atoms with Gasteiger partial charge in [-0.15, -0.1) is 0 Å². The van der Waals surface area contributed by atoms with Crippen molar-refractivity contribution in [2.45, 2.75) is 90.4 Å². The third-order valence-electron chi connectivity index (χ3n) is 6.89. The van der Waals surface area contributed by atoms with E-state index in [-0.39, 0.29) is 0 Å². The van der Waals surface area contributed by atoms with Gasteiger partial charge in [0.2, 0.25) is 7.49 Å². The first-order valence-electron chi connectivity index (χ1n) is 14.1. The summed E-state index contributed by atoms with van der Waals surface area (Å²) in [6.45, 7) is 3.10. The summed E-state index contributed by atoms with van der Waals surface area (Å²) >= 11 is 0. The molecule has 0 atom stereocenters. The molecule has 0 aromatic heterocycles. The Kier molecular flexibility index (Phi) is 13.2. The minimum absolute atomic E-state index is 0.810. The van der Waals surface area contributed by atoms with Crippen molar-refractivity contribution in [3.63, 3.8) is 0 Å². The molecule has 2 heteroatoms. The summed E-state index contributed by atoms with van der Waals surface area (Å²) in [7, 11) is -2.14. The van der Waals surface area contributed by atoms with Gasteiger partial charge in [-0.2, -0.15) is 0 Å². The molecule has 0 radical (unpaired) electrons. The lowest BCUT2D eigenvalue weighted by Gasteiger charge is -2.25. The minimum atomic E-state index is -2.14. The van der Waals surface area contributed by atoms with Crippen LogP contribution in [0.3, 0.4) is 0 Å². The topological polar surface area (TPSA) is 9.23 Å². The van der Waals surface area contributed by atoms with Crippen molar-refractivity contribution in [3.8, 4) is 0 Å². The highest BCUT2D eigenvalue weighted by Crippen LogP contribution is 2.56. The van der Waals surface area contributed by atoms with Gasteiger partial charge in [-0.25, -0.2) is 4.52 Å². The van der Waals surface area contributed by atoms with Gasteiger partial charge in [0, 0.05) is 0 Å². The molecule has 0 unspecified atom stereocenters. The van der Waals surface area contributed by atoms with Gasteiger partial charge in [-0.1, -0.05) is 139 Å². The molecule has 188 valence electrons. The fraction of sp³-hybridized carbons (Fsp3) is 0.455. The molecular weight excluding hydrogens is 443 g/mol. The monoisotopic (exact) mass is 489 g/mol. The van der Waals surface area contributed by atoms with Crippen LogP contribution < -0.4 is 15.9 Å². The van der Waals surface area contributed by atoms with Gasteiger partial charge in [0.15, 0.2) is 0 Å². The van der Waals surface area contributed by atoms with Crippen molar-refractivity contribution in [2.75, 3.05) is 6.61 Å². The Hall–Kier alpha value is -1.95. The van der Waals surface area contributed by atoms with Gasteiger partial charge < -0.3 is 0 Å². The van der Waals surface area contributed by atoms with Crippen molar-refractivity contribution < 1.29 is 4.52 Å². The van der Waals surface area contributed by atoms with Crippen LogP contribution in [0.4, 0.5) is 0 Å². The third-order valence-corrected chi connectivity index (χ3v) is 10.5. The van der Waals surface area contributed by atoms with Crippen LogP contribution in [0.15, 0.2) is 91.0 Å². The van der Waals surface area contributed by atoms with E-state index in [1.165, 1.54) is 93.0 Å². The number of hydrogen-bond acceptors (Lipinski definition) is 1. The molecule has 3 aromatic rings. The second-order valence-electron chi connectivity index (χ2n) is 9.69. The zero-order valence-electron chi connectivity index (χ0n) is 21.9. The van der Waals surface area contributed by atoms with E-state index in [0.29, 0.717) is 0 Å². The van der Waals surface area contributed by atoms with Crippen LogP contribution in [0.25, 0.3) is 0 Å². The lowest BCUT2D eigenvalue weighted by atomic mass is 10.0. The Balaban J connectivity index is 1.49. The van der Waals surface area contributed by atoms with Crippen molar-refractivity contribution in [2.24, 2.45) is 0 Å². The molecular formula is C33H46OP+. The fourth-order valence-corrected chi connectivity index (χ4v) is 8.43. The third kappa shape index (κ3) is 8.89. The van der Waals surface area contributed by atoms with E-state index in [9.17, 15) is 0 Å². The van der Waals surface area contributed by atoms with Gasteiger partial charge in [0.25, 0.3) is 0 Å². The summed E-state index contributed by atoms with van der Waals surface area (Å²) in [6.07, 6.45) is 17.8. The summed E-state index contributed by atoms with van der Waals surface area (Å²) in [4.78, 5) is 0. The highest BCUT2D eigenvalue weighted by atomic mass is 31.2. The SMILES string of the molecule is CCCCCCCCCCCCCCCO[P+](c1ccccc1)(c1ccccc1)c1ccccc1. The quantitative estimate of drug-likeness (QED) is 0.128. The molecule has 0 heterocycles. The van der Waals surface area contributed by atoms with Gasteiger partial charge in [-0.3, -0.25) is 0 Å². The van der Waals surface area contributed by atoms with Gasteiger partial charge in [-0.05, 0) is 42.8 Å². The number of rotatable bonds is 18. The molecule has 0 spiro atoms. The Morgan fingerprint density at radius 2 is 0.743 bits per heavy atom. The van der Waals surface area contributed by atoms with Crippen molar-refractivity contribution in [1.29, 1.82) is 0 Å². The minimum Gasteiger partial charge on any atom is -0.222 e. The molecule has 0 bridgehead atoms. The van der Waals surface area contributed by atoms with Gasteiger partial charge >= 0.3 is 0 Å². The normalized spacial score (nSPS) is 11.6. The predicted octanol–water partition coefficient (Wildman–Crippen LogP) is 9.00. The largest absolute Gasteiger partial charge is 0.242 e. The number of benzene rings is 3. The maximum atomic E-state index is 7.00. The average Bonchev–Trinajstić information content (AvgIpc) is 2.93. The van der Waals surface area contributed by atoms with Crippen LogP contribution in [0.2, 0.25) is 0 Å². The first-order valence-corrected chi connectivity index (χ1v) is 15.8. The highest BCUT2D eigenvalue weighted by Gasteiger charge is 2.47. The zero-order valence-corrected chi connectivity index (χ0v) is 22.8. The number of unbranched alkanes of at least 4 members (excludes halogenated alkanes) is 12. The summed E-state index contributed by atoms with van der Waals surface area (Å²) < 4.78 is 7.00. The van der Waals surface area contributed by atoms with Crippen LogP contribution in [-0.2, 0) is 4.52 Å². The lowest BCUT2D eigenvalue weighted by molar-refractivity contribution is 0.337. The second kappa shape index (κ2) is 16.7. The van der Waals surface area contributed by atoms with E-state index in [4.69, 9.17) is 4.52 Å². The van der Waals surface area contributed by atoms with E-state index in [1.54, 1.807) is 0 Å². The molecule has 35 heavy (non-hydrogen) atoms. The van der Waals surface area contributed by atoms with E-state index in [0.717, 1.165) is 13.0 Å². The predicted molar refractivity (Wildman–Crippen MR) is 157 cm³/mol. The molecule has 0 aliphatic heterocycles. The Bertz CT molecular complexity index is 797. The molecule has 0 aliphatic rings. The van der Waals surface area contributed by atoms with Gasteiger partial charge in [0.05, 0.1) is 6.61 Å². The first-order chi connectivity index (χ1) is 17.4. The van der Waals surface area contributed by atoms with Gasteiger partial charge in [0.1, 0.15) is 15.9 Å². The average molecular weight is 490 g/mol. The van der Waals surface area contributed by atoms with Crippen LogP contribution in [0.1, 0.15) is 90.4 Å². The highest BCUT2D eigenvalue weighted by molar-refractivity contribution is 7.91. The molecule has 0 N–H and O–H groups in total. The molecule has 0 saturated heterocycles. The van der Waals surface area contributed by atoms with E-state index < -0.39 is 7.49 Å². The van der Waals surface area contributed by atoms with Crippen LogP contribution in [0, 0.1) is 0 Å². The first kappa shape index (κ1) is 27.6. The fourth-order valence-electron chi connectivity index (χ4n) is 4.91. The Labute approximate surface area is 215 Å². The second-order valence-corrected chi connectivity index (χ2v) is 12.7. The van der Waals surface area contributed by atoms with Crippen molar-refractivity contribution in [3.05, 3.63) is 91.0 Å². The molecule has 0 fully saturated rings. The lowest BCUT2D eigenvalue weighted by Crippen LogP contribution is -2.33. The Morgan fingerprint density at radius 1 is 0.429 bits per heavy atom. The maximum absolute atomic E-state index is 7.00. The maximum Gasteiger partial charge on any atom is 0.242 e. The molecule has 0 aliphatic carbocycles. The summed E-state index contributed by atoms with van der Waals surface area (Å²) in [5.74, 6) is 0. The standard InChI is InChI=1S/C33H46OP/c1-2-3-4-5-6-7-8-9-10-11-12-13-23-30-34-35(31-24-17-14-18-25-31,32-26-19-15-20-27-32)33-28-21-16-22-29-33/h14-22,24-29H,2-13,23,30H2,1H3/q+1. The molecule has 3 aromatic carbocycles. The summed E-state index contributed by atoms with van der Waals surface area (Å²) in [6, 6.07) is 32.6. The summed E-state index contributed by atoms with van der Waals surface area (Å²) in [5.41, 5.74) is 0. The van der Waals surface area contributed by atoms with E-state index in [1.807, 2.05) is 0 Å². The van der Waals surface area contributed by atoms with Crippen LogP contribution >= 0.6 is 7.49 Å². The number of hydrogen-bond donors (Lipinski definition) is 0. The van der Waals surface area contributed by atoms with Crippen molar-refractivity contribution >= 4 is 23.4 Å². The van der Waals surface area contributed by atoms with Crippen LogP contribution in [-0.4, -0.2) is 6.61 Å². The zero-order chi connectivity index (χ0) is 24.4. The molecule has 3 rings (SSSR count). The van der Waals surface area contributed by atoms with E-state index >= 15 is 0 Å². The molecule has 1 nitrogen and oxygen atoms in total. The Morgan fingerprint density at radius 3 is 1.09 bits per heavy atom. The van der Waals surface area contributed by atoms with Crippen LogP contribution in [0.5, 0.6) is 0 Å². The molecule has 0 saturated carbocycles. The van der Waals surface area contributed by atoms with Crippen molar-refractivity contribution in [1.82, 2.24) is 0 Å².